The largest absolute Gasteiger partial charge is 0.393 e. The van der Waals surface area contributed by atoms with Crippen LogP contribution < -0.4 is 10.6 Å². The number of benzene rings is 2. The van der Waals surface area contributed by atoms with Gasteiger partial charge in [0, 0.05) is 16.3 Å². The highest BCUT2D eigenvalue weighted by atomic mass is 35.5. The minimum absolute atomic E-state index is 0.0829. The number of para-hydroxylation sites is 1. The average Bonchev–Trinajstić information content (AvgIpc) is 3.56. The Bertz CT molecular complexity index is 885. The van der Waals surface area contributed by atoms with Gasteiger partial charge in [0.15, 0.2) is 0 Å². The van der Waals surface area contributed by atoms with Crippen LogP contribution in [0.1, 0.15) is 60.4 Å². The molecule has 29 heavy (non-hydrogen) atoms. The molecule has 2 aliphatic rings. The number of carbonyl (C=O) groups is 1. The molecule has 2 aromatic carbocycles. The molecule has 3 N–H and O–H groups in total. The van der Waals surface area contributed by atoms with E-state index in [4.69, 9.17) is 16.6 Å². The van der Waals surface area contributed by atoms with Crippen molar-refractivity contribution in [1.82, 2.24) is 5.32 Å². The zero-order valence-electron chi connectivity index (χ0n) is 16.3. The third kappa shape index (κ3) is 5.37. The molecule has 0 bridgehead atoms. The maximum absolute atomic E-state index is 12.8. The summed E-state index contributed by atoms with van der Waals surface area (Å²) in [6.07, 6.45) is 5.26. The molecule has 2 fully saturated rings. The fraction of sp³-hybridized carbons (Fsp3) is 0.391. The van der Waals surface area contributed by atoms with E-state index in [9.17, 15) is 9.90 Å². The first kappa shape index (κ1) is 19.9. The molecule has 4 rings (SSSR count). The zero-order chi connectivity index (χ0) is 20.2. The minimum atomic E-state index is -0.239. The predicted octanol–water partition coefficient (Wildman–Crippen LogP) is 4.72. The van der Waals surface area contributed by atoms with Crippen molar-refractivity contribution in [2.45, 2.75) is 56.6 Å². The summed E-state index contributed by atoms with van der Waals surface area (Å²) in [6.45, 7) is 0. The lowest BCUT2D eigenvalue weighted by atomic mass is 9.94. The number of guanidine groups is 1. The van der Waals surface area contributed by atoms with Crippen molar-refractivity contribution in [1.29, 1.82) is 0 Å². The highest BCUT2D eigenvalue weighted by Gasteiger charge is 2.26. The number of nitrogens with zero attached hydrogens (tertiary/aromatic N) is 1. The van der Waals surface area contributed by atoms with Crippen molar-refractivity contribution in [3.63, 3.8) is 0 Å². The van der Waals surface area contributed by atoms with Gasteiger partial charge in [-0.1, -0.05) is 29.8 Å². The lowest BCUT2D eigenvalue weighted by molar-refractivity contribution is 0.0976. The Morgan fingerprint density at radius 1 is 0.966 bits per heavy atom. The van der Waals surface area contributed by atoms with E-state index >= 15 is 0 Å². The number of nitrogens with one attached hydrogen (secondary N) is 2. The number of anilines is 1. The number of hydrogen-bond acceptors (Lipinski definition) is 3. The molecule has 1 amide bonds. The number of halogens is 1. The van der Waals surface area contributed by atoms with Crippen molar-refractivity contribution >= 4 is 29.2 Å². The molecule has 0 heterocycles. The molecular weight excluding hydrogens is 386 g/mol. The van der Waals surface area contributed by atoms with Crippen LogP contribution in [0, 0.1) is 0 Å². The number of aliphatic imine (C=N–C) groups is 1. The van der Waals surface area contributed by atoms with Crippen LogP contribution in [0.4, 0.5) is 5.69 Å². The third-order valence-corrected chi connectivity index (χ3v) is 5.80. The van der Waals surface area contributed by atoms with Gasteiger partial charge in [-0.2, -0.15) is 0 Å². The fourth-order valence-electron chi connectivity index (χ4n) is 3.74. The van der Waals surface area contributed by atoms with Gasteiger partial charge in [0.25, 0.3) is 5.91 Å². The maximum Gasteiger partial charge on any atom is 0.257 e. The first-order chi connectivity index (χ1) is 14.1. The summed E-state index contributed by atoms with van der Waals surface area (Å²) in [4.78, 5) is 17.6. The van der Waals surface area contributed by atoms with Crippen LogP contribution in [-0.2, 0) is 0 Å². The van der Waals surface area contributed by atoms with Gasteiger partial charge in [0.1, 0.15) is 0 Å². The molecule has 0 saturated heterocycles. The molecule has 0 unspecified atom stereocenters. The normalized spacial score (nSPS) is 22.2. The summed E-state index contributed by atoms with van der Waals surface area (Å²) in [6, 6.07) is 15.1. The topological polar surface area (TPSA) is 73.7 Å². The van der Waals surface area contributed by atoms with E-state index in [1.54, 1.807) is 24.3 Å². The highest BCUT2D eigenvalue weighted by molar-refractivity contribution is 6.30. The highest BCUT2D eigenvalue weighted by Crippen LogP contribution is 2.43. The number of aliphatic hydroxyl groups is 1. The SMILES string of the molecule is O=C(NC(=NC1CCC(O)CC1)Nc1ccccc1C1CC1)c1ccc(Cl)cc1. The first-order valence-electron chi connectivity index (χ1n) is 10.3. The van der Waals surface area contributed by atoms with E-state index in [1.165, 1.54) is 18.4 Å². The van der Waals surface area contributed by atoms with Gasteiger partial charge in [-0.15, -0.1) is 0 Å². The second-order valence-electron chi connectivity index (χ2n) is 7.89. The quantitative estimate of drug-likeness (QED) is 0.503. The fourth-order valence-corrected chi connectivity index (χ4v) is 3.86. The molecule has 0 aliphatic heterocycles. The monoisotopic (exact) mass is 411 g/mol. The van der Waals surface area contributed by atoms with Gasteiger partial charge >= 0.3 is 0 Å². The molecular formula is C23H26ClN3O2. The van der Waals surface area contributed by atoms with E-state index in [1.807, 2.05) is 18.2 Å². The summed E-state index contributed by atoms with van der Waals surface area (Å²) in [5.41, 5.74) is 2.78. The second kappa shape index (κ2) is 8.97. The van der Waals surface area contributed by atoms with E-state index < -0.39 is 0 Å². The van der Waals surface area contributed by atoms with Gasteiger partial charge in [-0.25, -0.2) is 4.99 Å². The number of rotatable bonds is 4. The lowest BCUT2D eigenvalue weighted by Gasteiger charge is -2.24. The van der Waals surface area contributed by atoms with Gasteiger partial charge < -0.3 is 10.4 Å². The molecule has 0 spiro atoms. The standard InChI is InChI=1S/C23H26ClN3O2/c24-17-9-7-16(8-10-17)22(29)27-23(25-18-11-13-19(28)14-12-18)26-21-4-2-1-3-20(21)15-5-6-15/h1-4,7-10,15,18-19,28H,5-6,11-14H2,(H2,25,26,27,29). The van der Waals surface area contributed by atoms with E-state index in [-0.39, 0.29) is 18.1 Å². The van der Waals surface area contributed by atoms with Crippen LogP contribution >= 0.6 is 11.6 Å². The summed E-state index contributed by atoms with van der Waals surface area (Å²) in [5, 5.41) is 16.7. The Hall–Kier alpha value is -2.37. The number of amides is 1. The van der Waals surface area contributed by atoms with Crippen LogP contribution in [0.5, 0.6) is 0 Å². The van der Waals surface area contributed by atoms with Gasteiger partial charge in [-0.05, 0) is 80.3 Å². The van der Waals surface area contributed by atoms with Crippen molar-refractivity contribution in [3.05, 3.63) is 64.7 Å². The van der Waals surface area contributed by atoms with Crippen LogP contribution in [0.25, 0.3) is 0 Å². The molecule has 6 heteroatoms. The molecule has 0 atom stereocenters. The summed E-state index contributed by atoms with van der Waals surface area (Å²) in [5.74, 6) is 0.809. The van der Waals surface area contributed by atoms with E-state index in [0.717, 1.165) is 31.4 Å². The minimum Gasteiger partial charge on any atom is -0.393 e. The van der Waals surface area contributed by atoms with Gasteiger partial charge in [0.2, 0.25) is 5.96 Å². The second-order valence-corrected chi connectivity index (χ2v) is 8.32. The Kier molecular flexibility index (Phi) is 6.16. The molecule has 0 aromatic heterocycles. The predicted molar refractivity (Wildman–Crippen MR) is 117 cm³/mol. The van der Waals surface area contributed by atoms with Gasteiger partial charge in [0.05, 0.1) is 12.1 Å². The van der Waals surface area contributed by atoms with Crippen LogP contribution in [0.15, 0.2) is 53.5 Å². The summed E-state index contributed by atoms with van der Waals surface area (Å²) >= 11 is 5.93. The van der Waals surface area contributed by atoms with E-state index in [2.05, 4.69) is 16.7 Å². The Morgan fingerprint density at radius 3 is 2.34 bits per heavy atom. The maximum atomic E-state index is 12.8. The van der Waals surface area contributed by atoms with Crippen molar-refractivity contribution < 1.29 is 9.90 Å². The van der Waals surface area contributed by atoms with Crippen molar-refractivity contribution in [3.8, 4) is 0 Å². The number of carbonyl (C=O) groups excluding carboxylic acids is 1. The van der Waals surface area contributed by atoms with Crippen molar-refractivity contribution in [2.24, 2.45) is 4.99 Å². The molecule has 2 aromatic rings. The first-order valence-corrected chi connectivity index (χ1v) is 10.6. The summed E-state index contributed by atoms with van der Waals surface area (Å²) < 4.78 is 0. The summed E-state index contributed by atoms with van der Waals surface area (Å²) in [7, 11) is 0. The zero-order valence-corrected chi connectivity index (χ0v) is 17.0. The van der Waals surface area contributed by atoms with Crippen LogP contribution in [-0.4, -0.2) is 29.1 Å². The lowest BCUT2D eigenvalue weighted by Crippen LogP contribution is -2.38. The average molecular weight is 412 g/mol. The number of hydrogen-bond donors (Lipinski definition) is 3. The molecule has 2 aliphatic carbocycles. The van der Waals surface area contributed by atoms with Gasteiger partial charge in [-0.3, -0.25) is 10.1 Å². The van der Waals surface area contributed by atoms with Crippen LogP contribution in [0.3, 0.4) is 0 Å². The molecule has 0 radical (unpaired) electrons. The smallest absolute Gasteiger partial charge is 0.257 e. The molecule has 152 valence electrons. The van der Waals surface area contributed by atoms with E-state index in [0.29, 0.717) is 22.5 Å². The van der Waals surface area contributed by atoms with Crippen molar-refractivity contribution in [2.75, 3.05) is 5.32 Å². The van der Waals surface area contributed by atoms with Crippen LogP contribution in [0.2, 0.25) is 5.02 Å². The number of aliphatic hydroxyl groups excluding tert-OH is 1. The Morgan fingerprint density at radius 2 is 1.66 bits per heavy atom. The Labute approximate surface area is 176 Å². The Balaban J connectivity index is 1.55. The molecule has 5 nitrogen and oxygen atoms in total. The molecule has 2 saturated carbocycles. The third-order valence-electron chi connectivity index (χ3n) is 5.55.